The fourth-order valence-corrected chi connectivity index (χ4v) is 3.49. The predicted octanol–water partition coefficient (Wildman–Crippen LogP) is 5.43. The molecule has 0 spiro atoms. The first kappa shape index (κ1) is 17.2. The van der Waals surface area contributed by atoms with E-state index in [9.17, 15) is 0 Å². The summed E-state index contributed by atoms with van der Waals surface area (Å²) >= 11 is 0. The zero-order valence-corrected chi connectivity index (χ0v) is 15.8. The second-order valence-electron chi connectivity index (χ2n) is 6.68. The van der Waals surface area contributed by atoms with Crippen LogP contribution in [-0.2, 0) is 0 Å². The van der Waals surface area contributed by atoms with E-state index in [1.54, 1.807) is 14.2 Å². The number of methoxy groups -OCH3 is 2. The predicted molar refractivity (Wildman–Crippen MR) is 105 cm³/mol. The number of fused-ring (bicyclic) bond motifs is 1. The number of hydrogen-bond donors (Lipinski definition) is 1. The van der Waals surface area contributed by atoms with Gasteiger partial charge in [-0.25, -0.2) is 4.98 Å². The topological polar surface area (TPSA) is 60.3 Å². The first-order valence-corrected chi connectivity index (χ1v) is 8.82. The van der Waals surface area contributed by atoms with Crippen molar-refractivity contribution in [3.8, 4) is 34.2 Å². The number of aromatic amines is 1. The molecule has 0 saturated carbocycles. The Balaban J connectivity index is 1.92. The summed E-state index contributed by atoms with van der Waals surface area (Å²) in [6.45, 7) is 4.39. The summed E-state index contributed by atoms with van der Waals surface area (Å²) in [5.41, 5.74) is 5.39. The van der Waals surface area contributed by atoms with Gasteiger partial charge < -0.3 is 18.9 Å². The van der Waals surface area contributed by atoms with Crippen LogP contribution in [0, 0.1) is 6.20 Å². The molecule has 5 nitrogen and oxygen atoms in total. The number of hydrogen-bond acceptors (Lipinski definition) is 4. The Kier molecular flexibility index (Phi) is 4.36. The van der Waals surface area contributed by atoms with E-state index in [0.717, 1.165) is 27.7 Å². The Morgan fingerprint density at radius 3 is 2.44 bits per heavy atom. The van der Waals surface area contributed by atoms with Crippen LogP contribution in [0.5, 0.6) is 11.5 Å². The number of aromatic nitrogens is 2. The minimum Gasteiger partial charge on any atom is -0.493 e. The molecule has 4 rings (SSSR count). The summed E-state index contributed by atoms with van der Waals surface area (Å²) in [6, 6.07) is 12.1. The van der Waals surface area contributed by atoms with Crippen LogP contribution in [-0.4, -0.2) is 24.2 Å². The van der Waals surface area contributed by atoms with Gasteiger partial charge >= 0.3 is 0 Å². The Morgan fingerprint density at radius 1 is 1.00 bits per heavy atom. The summed E-state index contributed by atoms with van der Waals surface area (Å²) in [5, 5.41) is 1.16. The maximum atomic E-state index is 5.48. The molecule has 2 heterocycles. The maximum absolute atomic E-state index is 5.48. The lowest BCUT2D eigenvalue weighted by Crippen LogP contribution is -1.93. The highest BCUT2D eigenvalue weighted by Gasteiger charge is 2.18. The second kappa shape index (κ2) is 6.83. The third kappa shape index (κ3) is 2.95. The maximum Gasteiger partial charge on any atom is 0.226 e. The zero-order valence-electron chi connectivity index (χ0n) is 15.8. The van der Waals surface area contributed by atoms with E-state index >= 15 is 0 Å². The summed E-state index contributed by atoms with van der Waals surface area (Å²) in [4.78, 5) is 7.71. The molecule has 27 heavy (non-hydrogen) atoms. The first-order valence-electron chi connectivity index (χ1n) is 8.82. The van der Waals surface area contributed by atoms with E-state index in [-0.39, 0.29) is 0 Å². The molecule has 0 fully saturated rings. The number of oxazole rings is 1. The van der Waals surface area contributed by atoms with Crippen molar-refractivity contribution in [3.63, 3.8) is 0 Å². The van der Waals surface area contributed by atoms with Crippen molar-refractivity contribution in [3.05, 3.63) is 54.4 Å². The number of nitrogens with zero attached hydrogens (tertiary/aromatic N) is 1. The van der Waals surface area contributed by atoms with Crippen LogP contribution >= 0.6 is 0 Å². The zero-order chi connectivity index (χ0) is 19.0. The Bertz CT molecular complexity index is 1080. The molecule has 137 valence electrons. The van der Waals surface area contributed by atoms with Gasteiger partial charge in [-0.1, -0.05) is 13.8 Å². The standard InChI is InChI=1S/C22H21N2O3/c1-13(2)20-16-11-15(22-23-9-10-27-22)5-7-17(16)24-21(20)14-6-8-18(25-3)19(12-14)26-4/h5-8,10-13,24H,1-4H3. The van der Waals surface area contributed by atoms with Crippen LogP contribution in [0.4, 0.5) is 0 Å². The molecule has 2 aromatic carbocycles. The molecule has 1 radical (unpaired) electrons. The van der Waals surface area contributed by atoms with Crippen molar-refractivity contribution in [2.45, 2.75) is 19.8 Å². The van der Waals surface area contributed by atoms with Crippen LogP contribution in [0.2, 0.25) is 0 Å². The molecule has 4 aromatic rings. The molecule has 0 unspecified atom stereocenters. The lowest BCUT2D eigenvalue weighted by molar-refractivity contribution is 0.355. The number of nitrogens with one attached hydrogen (secondary N) is 1. The van der Waals surface area contributed by atoms with Gasteiger partial charge in [0.15, 0.2) is 11.5 Å². The molecular weight excluding hydrogens is 340 g/mol. The van der Waals surface area contributed by atoms with Crippen molar-refractivity contribution in [2.75, 3.05) is 14.2 Å². The van der Waals surface area contributed by atoms with Gasteiger partial charge in [-0.05, 0) is 47.9 Å². The molecule has 2 aromatic heterocycles. The van der Waals surface area contributed by atoms with Gasteiger partial charge in [-0.2, -0.15) is 0 Å². The van der Waals surface area contributed by atoms with Crippen LogP contribution < -0.4 is 9.47 Å². The van der Waals surface area contributed by atoms with Crippen molar-refractivity contribution in [2.24, 2.45) is 0 Å². The summed E-state index contributed by atoms with van der Waals surface area (Å²) < 4.78 is 16.3. The molecule has 5 heteroatoms. The highest BCUT2D eigenvalue weighted by Crippen LogP contribution is 2.39. The van der Waals surface area contributed by atoms with E-state index in [2.05, 4.69) is 42.1 Å². The van der Waals surface area contributed by atoms with Crippen molar-refractivity contribution < 1.29 is 13.9 Å². The van der Waals surface area contributed by atoms with Crippen LogP contribution in [0.25, 0.3) is 33.6 Å². The van der Waals surface area contributed by atoms with E-state index in [4.69, 9.17) is 13.9 Å². The molecule has 0 bridgehead atoms. The normalized spacial score (nSPS) is 11.3. The monoisotopic (exact) mass is 361 g/mol. The first-order chi connectivity index (χ1) is 13.1. The Hall–Kier alpha value is -3.21. The van der Waals surface area contributed by atoms with Crippen LogP contribution in [0.1, 0.15) is 25.3 Å². The Morgan fingerprint density at radius 2 is 1.78 bits per heavy atom. The number of benzene rings is 2. The molecule has 0 atom stereocenters. The highest BCUT2D eigenvalue weighted by molar-refractivity contribution is 5.94. The summed E-state index contributed by atoms with van der Waals surface area (Å²) in [6.07, 6.45) is 4.19. The molecular formula is C22H21N2O3. The van der Waals surface area contributed by atoms with Crippen molar-refractivity contribution in [1.82, 2.24) is 9.97 Å². The number of H-pyrrole nitrogens is 1. The lowest BCUT2D eigenvalue weighted by atomic mass is 9.95. The molecule has 0 aliphatic heterocycles. The smallest absolute Gasteiger partial charge is 0.226 e. The quantitative estimate of drug-likeness (QED) is 0.515. The van der Waals surface area contributed by atoms with Gasteiger partial charge in [-0.15, -0.1) is 0 Å². The summed E-state index contributed by atoms with van der Waals surface area (Å²) in [7, 11) is 3.29. The van der Waals surface area contributed by atoms with Gasteiger partial charge in [0.1, 0.15) is 12.5 Å². The number of ether oxygens (including phenoxy) is 2. The third-order valence-electron chi connectivity index (χ3n) is 4.72. The van der Waals surface area contributed by atoms with Gasteiger partial charge in [0, 0.05) is 22.0 Å². The largest absolute Gasteiger partial charge is 0.493 e. The van der Waals surface area contributed by atoms with E-state index in [0.29, 0.717) is 23.3 Å². The molecule has 0 aliphatic rings. The van der Waals surface area contributed by atoms with Crippen LogP contribution in [0.15, 0.2) is 47.1 Å². The van der Waals surface area contributed by atoms with Crippen molar-refractivity contribution in [1.29, 1.82) is 0 Å². The average molecular weight is 361 g/mol. The minimum atomic E-state index is 0.327. The lowest BCUT2D eigenvalue weighted by Gasteiger charge is -2.12. The van der Waals surface area contributed by atoms with Gasteiger partial charge in [-0.3, -0.25) is 0 Å². The van der Waals surface area contributed by atoms with Crippen LogP contribution in [0.3, 0.4) is 0 Å². The average Bonchev–Trinajstić information content (AvgIpc) is 3.34. The molecule has 0 amide bonds. The minimum absolute atomic E-state index is 0.327. The van der Waals surface area contributed by atoms with Gasteiger partial charge in [0.05, 0.1) is 19.9 Å². The van der Waals surface area contributed by atoms with Gasteiger partial charge in [0.2, 0.25) is 5.89 Å². The fourth-order valence-electron chi connectivity index (χ4n) is 3.49. The SMILES string of the molecule is COc1ccc(-c2[nH]c3ccc(-c4n[c]co4)cc3c2C(C)C)cc1OC. The molecule has 0 saturated heterocycles. The van der Waals surface area contributed by atoms with Gasteiger partial charge in [0.25, 0.3) is 0 Å². The molecule has 1 N–H and O–H groups in total. The third-order valence-corrected chi connectivity index (χ3v) is 4.72. The van der Waals surface area contributed by atoms with Crippen molar-refractivity contribution >= 4 is 10.9 Å². The van der Waals surface area contributed by atoms with E-state index in [1.165, 1.54) is 11.8 Å². The van der Waals surface area contributed by atoms with E-state index < -0.39 is 0 Å². The second-order valence-corrected chi connectivity index (χ2v) is 6.68. The summed E-state index contributed by atoms with van der Waals surface area (Å²) in [5.74, 6) is 2.32. The highest BCUT2D eigenvalue weighted by atomic mass is 16.5. The fraction of sp³-hybridized carbons (Fsp3) is 0.227. The number of rotatable bonds is 5. The van der Waals surface area contributed by atoms with E-state index in [1.807, 2.05) is 24.3 Å². The molecule has 0 aliphatic carbocycles. The Labute approximate surface area is 158 Å².